The molecule has 0 heterocycles. The van der Waals surface area contributed by atoms with E-state index in [4.69, 9.17) is 26.8 Å². The summed E-state index contributed by atoms with van der Waals surface area (Å²) in [5.41, 5.74) is 6.93. The molecule has 0 atom stereocenters. The highest BCUT2D eigenvalue weighted by Crippen LogP contribution is 2.35. The van der Waals surface area contributed by atoms with Crippen LogP contribution in [0.5, 0.6) is 11.5 Å². The van der Waals surface area contributed by atoms with Gasteiger partial charge in [0, 0.05) is 22.2 Å². The fourth-order valence-corrected chi connectivity index (χ4v) is 2.28. The van der Waals surface area contributed by atoms with E-state index in [9.17, 15) is 4.39 Å². The minimum atomic E-state index is -0.300. The summed E-state index contributed by atoms with van der Waals surface area (Å²) in [5.74, 6) is 0.767. The van der Waals surface area contributed by atoms with E-state index in [1.807, 2.05) is 0 Å². The normalized spacial score (nSPS) is 10.5. The summed E-state index contributed by atoms with van der Waals surface area (Å²) in [6.45, 7) is 0.571. The van der Waals surface area contributed by atoms with Gasteiger partial charge in [0.2, 0.25) is 0 Å². The van der Waals surface area contributed by atoms with Crippen LogP contribution in [-0.4, -0.2) is 13.7 Å². The Morgan fingerprint density at radius 3 is 2.62 bits per heavy atom. The molecule has 112 valence electrons. The van der Waals surface area contributed by atoms with Crippen molar-refractivity contribution in [2.45, 2.75) is 13.0 Å². The number of ether oxygens (including phenoxy) is 2. The summed E-state index contributed by atoms with van der Waals surface area (Å²) >= 11 is 6.04. The molecule has 0 fully saturated rings. The smallest absolute Gasteiger partial charge is 0.165 e. The Labute approximate surface area is 128 Å². The topological polar surface area (TPSA) is 44.5 Å². The van der Waals surface area contributed by atoms with Gasteiger partial charge in [-0.15, -0.1) is 0 Å². The molecule has 0 saturated heterocycles. The molecular weight excluding hydrogens is 293 g/mol. The van der Waals surface area contributed by atoms with Gasteiger partial charge in [0.25, 0.3) is 0 Å². The standard InChI is InChI=1S/C16H17ClFNO2/c1-20-15-9-13(17)8-11(6-7-19)16(15)21-10-12-4-2-3-5-14(12)18/h2-5,8-9H,6-7,10,19H2,1H3. The second-order valence-electron chi connectivity index (χ2n) is 4.52. The lowest BCUT2D eigenvalue weighted by atomic mass is 10.1. The molecule has 0 saturated carbocycles. The van der Waals surface area contributed by atoms with Gasteiger partial charge < -0.3 is 15.2 Å². The van der Waals surface area contributed by atoms with E-state index in [-0.39, 0.29) is 12.4 Å². The third-order valence-electron chi connectivity index (χ3n) is 3.06. The number of halogens is 2. The van der Waals surface area contributed by atoms with Crippen molar-refractivity contribution in [2.75, 3.05) is 13.7 Å². The van der Waals surface area contributed by atoms with Crippen molar-refractivity contribution in [3.63, 3.8) is 0 Å². The van der Waals surface area contributed by atoms with Gasteiger partial charge in [-0.3, -0.25) is 0 Å². The lowest BCUT2D eigenvalue weighted by Crippen LogP contribution is -2.07. The van der Waals surface area contributed by atoms with Crippen molar-refractivity contribution in [2.24, 2.45) is 5.73 Å². The highest BCUT2D eigenvalue weighted by molar-refractivity contribution is 6.30. The lowest BCUT2D eigenvalue weighted by molar-refractivity contribution is 0.277. The summed E-state index contributed by atoms with van der Waals surface area (Å²) in [7, 11) is 1.54. The minimum Gasteiger partial charge on any atom is -0.493 e. The van der Waals surface area contributed by atoms with Crippen molar-refractivity contribution in [3.05, 3.63) is 58.4 Å². The van der Waals surface area contributed by atoms with Gasteiger partial charge in [-0.25, -0.2) is 4.39 Å². The molecule has 2 rings (SSSR count). The maximum atomic E-state index is 13.6. The number of methoxy groups -OCH3 is 1. The van der Waals surface area contributed by atoms with Gasteiger partial charge in [-0.1, -0.05) is 29.8 Å². The van der Waals surface area contributed by atoms with Crippen LogP contribution in [0, 0.1) is 5.82 Å². The van der Waals surface area contributed by atoms with Crippen LogP contribution in [-0.2, 0) is 13.0 Å². The van der Waals surface area contributed by atoms with E-state index in [0.717, 1.165) is 5.56 Å². The SMILES string of the molecule is COc1cc(Cl)cc(CCN)c1OCc1ccccc1F. The number of rotatable bonds is 6. The molecule has 2 aromatic carbocycles. The van der Waals surface area contributed by atoms with Crippen molar-refractivity contribution in [1.82, 2.24) is 0 Å². The first-order valence-electron chi connectivity index (χ1n) is 6.58. The lowest BCUT2D eigenvalue weighted by Gasteiger charge is -2.16. The van der Waals surface area contributed by atoms with Crippen LogP contribution in [0.2, 0.25) is 5.02 Å². The molecule has 0 spiro atoms. The summed E-state index contributed by atoms with van der Waals surface area (Å²) < 4.78 is 24.7. The van der Waals surface area contributed by atoms with Crippen molar-refractivity contribution in [1.29, 1.82) is 0 Å². The van der Waals surface area contributed by atoms with Gasteiger partial charge in [-0.05, 0) is 25.1 Å². The maximum Gasteiger partial charge on any atom is 0.165 e. The van der Waals surface area contributed by atoms with Crippen LogP contribution in [0.4, 0.5) is 4.39 Å². The van der Waals surface area contributed by atoms with Gasteiger partial charge in [0.15, 0.2) is 11.5 Å². The van der Waals surface area contributed by atoms with Crippen LogP contribution in [0.1, 0.15) is 11.1 Å². The Kier molecular flexibility index (Phi) is 5.42. The Morgan fingerprint density at radius 2 is 1.95 bits per heavy atom. The molecule has 0 amide bonds. The summed E-state index contributed by atoms with van der Waals surface area (Å²) in [4.78, 5) is 0. The van der Waals surface area contributed by atoms with Crippen LogP contribution >= 0.6 is 11.6 Å². The molecule has 2 aromatic rings. The van der Waals surface area contributed by atoms with Crippen LogP contribution in [0.15, 0.2) is 36.4 Å². The van der Waals surface area contributed by atoms with Gasteiger partial charge >= 0.3 is 0 Å². The largest absolute Gasteiger partial charge is 0.493 e. The number of hydrogen-bond donors (Lipinski definition) is 1. The summed E-state index contributed by atoms with van der Waals surface area (Å²) in [6.07, 6.45) is 0.601. The minimum absolute atomic E-state index is 0.113. The molecule has 0 unspecified atom stereocenters. The quantitative estimate of drug-likeness (QED) is 0.887. The third kappa shape index (κ3) is 3.86. The van der Waals surface area contributed by atoms with Crippen molar-refractivity contribution < 1.29 is 13.9 Å². The van der Waals surface area contributed by atoms with Gasteiger partial charge in [0.05, 0.1) is 7.11 Å². The van der Waals surface area contributed by atoms with E-state index in [1.165, 1.54) is 13.2 Å². The van der Waals surface area contributed by atoms with E-state index in [1.54, 1.807) is 30.3 Å². The van der Waals surface area contributed by atoms with Crippen LogP contribution in [0.25, 0.3) is 0 Å². The van der Waals surface area contributed by atoms with Gasteiger partial charge in [-0.2, -0.15) is 0 Å². The molecule has 2 N–H and O–H groups in total. The Balaban J connectivity index is 2.27. The van der Waals surface area contributed by atoms with Crippen LogP contribution in [0.3, 0.4) is 0 Å². The van der Waals surface area contributed by atoms with E-state index < -0.39 is 0 Å². The second kappa shape index (κ2) is 7.29. The predicted molar refractivity (Wildman–Crippen MR) is 81.5 cm³/mol. The highest BCUT2D eigenvalue weighted by atomic mass is 35.5. The molecule has 21 heavy (non-hydrogen) atoms. The first-order chi connectivity index (χ1) is 10.2. The molecule has 0 radical (unpaired) electrons. The Bertz CT molecular complexity index is 619. The van der Waals surface area contributed by atoms with Gasteiger partial charge in [0.1, 0.15) is 12.4 Å². The maximum absolute atomic E-state index is 13.6. The number of hydrogen-bond acceptors (Lipinski definition) is 3. The fraction of sp³-hybridized carbons (Fsp3) is 0.250. The highest BCUT2D eigenvalue weighted by Gasteiger charge is 2.13. The number of nitrogens with two attached hydrogens (primary N) is 1. The average molecular weight is 310 g/mol. The molecule has 0 aromatic heterocycles. The molecule has 3 nitrogen and oxygen atoms in total. The molecule has 0 aliphatic carbocycles. The number of benzene rings is 2. The third-order valence-corrected chi connectivity index (χ3v) is 3.28. The van der Waals surface area contributed by atoms with Crippen LogP contribution < -0.4 is 15.2 Å². The predicted octanol–water partition coefficient (Wildman–Crippen LogP) is 3.57. The zero-order valence-corrected chi connectivity index (χ0v) is 12.5. The van der Waals surface area contributed by atoms with Crippen molar-refractivity contribution >= 4 is 11.6 Å². The van der Waals surface area contributed by atoms with E-state index in [2.05, 4.69) is 0 Å². The zero-order chi connectivity index (χ0) is 15.2. The second-order valence-corrected chi connectivity index (χ2v) is 4.95. The Morgan fingerprint density at radius 1 is 1.19 bits per heavy atom. The average Bonchev–Trinajstić information content (AvgIpc) is 2.47. The molecule has 0 aliphatic rings. The first-order valence-corrected chi connectivity index (χ1v) is 6.96. The first kappa shape index (κ1) is 15.6. The summed E-state index contributed by atoms with van der Waals surface area (Å²) in [5, 5.41) is 0.550. The molecule has 0 aliphatic heterocycles. The van der Waals surface area contributed by atoms with Crippen molar-refractivity contribution in [3.8, 4) is 11.5 Å². The van der Waals surface area contributed by atoms with E-state index in [0.29, 0.717) is 35.1 Å². The molecular formula is C16H17ClFNO2. The molecule has 5 heteroatoms. The summed E-state index contributed by atoms with van der Waals surface area (Å²) in [6, 6.07) is 9.94. The monoisotopic (exact) mass is 309 g/mol. The fourth-order valence-electron chi connectivity index (χ4n) is 2.04. The Hall–Kier alpha value is -1.78. The van der Waals surface area contributed by atoms with E-state index >= 15 is 0 Å². The zero-order valence-electron chi connectivity index (χ0n) is 11.7. The molecule has 0 bridgehead atoms.